The highest BCUT2D eigenvalue weighted by atomic mass is 16.2. The van der Waals surface area contributed by atoms with Crippen LogP contribution in [0.1, 0.15) is 46.5 Å². The zero-order chi connectivity index (χ0) is 12.7. The molecule has 0 aromatic carbocycles. The Bertz CT molecular complexity index is 290. The van der Waals surface area contributed by atoms with E-state index in [4.69, 9.17) is 0 Å². The van der Waals surface area contributed by atoms with Crippen molar-refractivity contribution in [3.63, 3.8) is 0 Å². The molecule has 0 aromatic rings. The molecule has 0 bridgehead atoms. The molecule has 0 heterocycles. The van der Waals surface area contributed by atoms with Crippen molar-refractivity contribution in [2.45, 2.75) is 46.5 Å². The standard InChI is InChI=1S/C12H18O4/c1-4-10(15)6-5-7-11(16)12(8(2)13)9(3)14/h12H,4-7H2,1-3H3. The molecule has 0 aromatic heterocycles. The Balaban J connectivity index is 4.18. The highest BCUT2D eigenvalue weighted by Crippen LogP contribution is 2.09. The van der Waals surface area contributed by atoms with Crippen molar-refractivity contribution < 1.29 is 19.2 Å². The summed E-state index contributed by atoms with van der Waals surface area (Å²) in [6.07, 6.45) is 1.33. The van der Waals surface area contributed by atoms with Gasteiger partial charge in [0.05, 0.1) is 0 Å². The Morgan fingerprint density at radius 3 is 1.81 bits per heavy atom. The zero-order valence-corrected chi connectivity index (χ0v) is 10.0. The van der Waals surface area contributed by atoms with Crippen LogP contribution < -0.4 is 0 Å². The average molecular weight is 226 g/mol. The first-order valence-corrected chi connectivity index (χ1v) is 5.45. The van der Waals surface area contributed by atoms with Crippen LogP contribution in [-0.4, -0.2) is 23.1 Å². The molecule has 0 saturated carbocycles. The quantitative estimate of drug-likeness (QED) is 0.588. The van der Waals surface area contributed by atoms with Crippen molar-refractivity contribution in [3.8, 4) is 0 Å². The number of carbonyl (C=O) groups excluding carboxylic acids is 4. The second kappa shape index (κ2) is 7.04. The van der Waals surface area contributed by atoms with Crippen molar-refractivity contribution in [1.29, 1.82) is 0 Å². The van der Waals surface area contributed by atoms with Crippen LogP contribution in [0, 0.1) is 5.92 Å². The average Bonchev–Trinajstić information content (AvgIpc) is 2.16. The van der Waals surface area contributed by atoms with Gasteiger partial charge in [-0.15, -0.1) is 0 Å². The molecule has 0 spiro atoms. The predicted octanol–water partition coefficient (Wildman–Crippen LogP) is 1.50. The van der Waals surface area contributed by atoms with Crippen molar-refractivity contribution >= 4 is 23.1 Å². The van der Waals surface area contributed by atoms with Gasteiger partial charge in [-0.05, 0) is 20.3 Å². The fourth-order valence-electron chi connectivity index (χ4n) is 1.52. The highest BCUT2D eigenvalue weighted by molar-refractivity contribution is 6.18. The molecule has 0 atom stereocenters. The molecule has 0 saturated heterocycles. The van der Waals surface area contributed by atoms with Crippen LogP contribution in [0.3, 0.4) is 0 Å². The van der Waals surface area contributed by atoms with E-state index in [0.29, 0.717) is 19.3 Å². The van der Waals surface area contributed by atoms with Crippen molar-refractivity contribution in [1.82, 2.24) is 0 Å². The molecule has 0 unspecified atom stereocenters. The summed E-state index contributed by atoms with van der Waals surface area (Å²) >= 11 is 0. The summed E-state index contributed by atoms with van der Waals surface area (Å²) in [5, 5.41) is 0. The van der Waals surface area contributed by atoms with Crippen molar-refractivity contribution in [2.24, 2.45) is 5.92 Å². The molecule has 90 valence electrons. The van der Waals surface area contributed by atoms with Crippen LogP contribution in [0.5, 0.6) is 0 Å². The maximum Gasteiger partial charge on any atom is 0.150 e. The second-order valence-electron chi connectivity index (χ2n) is 3.87. The number of carbonyl (C=O) groups is 4. The lowest BCUT2D eigenvalue weighted by molar-refractivity contribution is -0.138. The first-order valence-electron chi connectivity index (χ1n) is 5.45. The summed E-state index contributed by atoms with van der Waals surface area (Å²) in [5.74, 6) is -2.24. The SMILES string of the molecule is CCC(=O)CCCC(=O)C(C(C)=O)C(C)=O. The summed E-state index contributed by atoms with van der Waals surface area (Å²) in [7, 11) is 0. The molecule has 0 amide bonds. The van der Waals surface area contributed by atoms with E-state index in [0.717, 1.165) is 0 Å². The fraction of sp³-hybridized carbons (Fsp3) is 0.667. The van der Waals surface area contributed by atoms with Gasteiger partial charge in [-0.2, -0.15) is 0 Å². The van der Waals surface area contributed by atoms with Gasteiger partial charge in [-0.25, -0.2) is 0 Å². The summed E-state index contributed by atoms with van der Waals surface area (Å²) in [6.45, 7) is 4.24. The third kappa shape index (κ3) is 4.96. The van der Waals surface area contributed by atoms with Crippen LogP contribution in [0.25, 0.3) is 0 Å². The Hall–Kier alpha value is -1.32. The number of rotatable bonds is 8. The first-order chi connectivity index (χ1) is 7.40. The van der Waals surface area contributed by atoms with Crippen LogP contribution >= 0.6 is 0 Å². The minimum absolute atomic E-state index is 0.0926. The van der Waals surface area contributed by atoms with Crippen molar-refractivity contribution in [2.75, 3.05) is 0 Å². The molecule has 4 nitrogen and oxygen atoms in total. The molecule has 0 aliphatic carbocycles. The lowest BCUT2D eigenvalue weighted by atomic mass is 9.92. The lowest BCUT2D eigenvalue weighted by Crippen LogP contribution is -2.28. The Labute approximate surface area is 95.4 Å². The molecule has 0 fully saturated rings. The van der Waals surface area contributed by atoms with E-state index in [1.807, 2.05) is 0 Å². The molecule has 0 N–H and O–H groups in total. The third-order valence-corrected chi connectivity index (χ3v) is 2.41. The molecular weight excluding hydrogens is 208 g/mol. The lowest BCUT2D eigenvalue weighted by Gasteiger charge is -2.08. The van der Waals surface area contributed by atoms with Gasteiger partial charge in [-0.3, -0.25) is 19.2 Å². The second-order valence-corrected chi connectivity index (χ2v) is 3.87. The number of hydrogen-bond donors (Lipinski definition) is 0. The normalized spacial score (nSPS) is 10.2. The summed E-state index contributed by atoms with van der Waals surface area (Å²) in [6, 6.07) is 0. The van der Waals surface area contributed by atoms with E-state index in [1.165, 1.54) is 13.8 Å². The maximum absolute atomic E-state index is 11.5. The summed E-state index contributed by atoms with van der Waals surface area (Å²) in [4.78, 5) is 44.7. The van der Waals surface area contributed by atoms with Gasteiger partial charge < -0.3 is 0 Å². The molecule has 0 aliphatic rings. The van der Waals surface area contributed by atoms with Gasteiger partial charge in [0, 0.05) is 19.3 Å². The van der Waals surface area contributed by atoms with Gasteiger partial charge in [0.15, 0.2) is 5.78 Å². The molecule has 0 rings (SSSR count). The fourth-order valence-corrected chi connectivity index (χ4v) is 1.52. The van der Waals surface area contributed by atoms with Gasteiger partial charge in [0.1, 0.15) is 23.3 Å². The maximum atomic E-state index is 11.5. The van der Waals surface area contributed by atoms with Crippen LogP contribution in [-0.2, 0) is 19.2 Å². The largest absolute Gasteiger partial charge is 0.300 e. The highest BCUT2D eigenvalue weighted by Gasteiger charge is 2.26. The zero-order valence-electron chi connectivity index (χ0n) is 10.0. The topological polar surface area (TPSA) is 68.3 Å². The summed E-state index contributed by atoms with van der Waals surface area (Å²) in [5.41, 5.74) is 0. The molecule has 4 heteroatoms. The monoisotopic (exact) mass is 226 g/mol. The van der Waals surface area contributed by atoms with Crippen LogP contribution in [0.15, 0.2) is 0 Å². The number of hydrogen-bond acceptors (Lipinski definition) is 4. The van der Waals surface area contributed by atoms with Crippen LogP contribution in [0.2, 0.25) is 0 Å². The van der Waals surface area contributed by atoms with E-state index in [2.05, 4.69) is 0 Å². The van der Waals surface area contributed by atoms with E-state index in [1.54, 1.807) is 6.92 Å². The van der Waals surface area contributed by atoms with E-state index >= 15 is 0 Å². The predicted molar refractivity (Wildman–Crippen MR) is 59.0 cm³/mol. The van der Waals surface area contributed by atoms with Crippen molar-refractivity contribution in [3.05, 3.63) is 0 Å². The Kier molecular flexibility index (Phi) is 6.46. The molecular formula is C12H18O4. The van der Waals surface area contributed by atoms with E-state index in [9.17, 15) is 19.2 Å². The number of ketones is 4. The minimum atomic E-state index is -1.13. The molecule has 16 heavy (non-hydrogen) atoms. The van der Waals surface area contributed by atoms with Gasteiger partial charge in [0.25, 0.3) is 0 Å². The van der Waals surface area contributed by atoms with Crippen LogP contribution in [0.4, 0.5) is 0 Å². The van der Waals surface area contributed by atoms with Gasteiger partial charge in [-0.1, -0.05) is 6.92 Å². The minimum Gasteiger partial charge on any atom is -0.300 e. The molecule has 0 aliphatic heterocycles. The Morgan fingerprint density at radius 2 is 1.44 bits per heavy atom. The summed E-state index contributed by atoms with van der Waals surface area (Å²) < 4.78 is 0. The smallest absolute Gasteiger partial charge is 0.150 e. The third-order valence-electron chi connectivity index (χ3n) is 2.41. The van der Waals surface area contributed by atoms with E-state index < -0.39 is 17.5 Å². The molecule has 0 radical (unpaired) electrons. The van der Waals surface area contributed by atoms with E-state index in [-0.39, 0.29) is 18.0 Å². The van der Waals surface area contributed by atoms with Gasteiger partial charge >= 0.3 is 0 Å². The van der Waals surface area contributed by atoms with Gasteiger partial charge in [0.2, 0.25) is 0 Å². The Morgan fingerprint density at radius 1 is 0.938 bits per heavy atom. The number of Topliss-reactive ketones (excluding diaryl/α,β-unsaturated/α-hetero) is 4. The first kappa shape index (κ1) is 14.7.